The smallest absolute Gasteiger partial charge is 0.229 e. The van der Waals surface area contributed by atoms with E-state index in [1.807, 2.05) is 31.2 Å². The molecule has 0 aliphatic carbocycles. The summed E-state index contributed by atoms with van der Waals surface area (Å²) in [5.41, 5.74) is 2.81. The molecule has 0 bridgehead atoms. The fourth-order valence-corrected chi connectivity index (χ4v) is 2.74. The van der Waals surface area contributed by atoms with Crippen LogP contribution in [0.5, 0.6) is 0 Å². The topological polar surface area (TPSA) is 82.4 Å². The van der Waals surface area contributed by atoms with Crippen molar-refractivity contribution in [2.24, 2.45) is 10.3 Å². The maximum atomic E-state index is 9.51. The van der Waals surface area contributed by atoms with Crippen molar-refractivity contribution in [2.75, 3.05) is 29.8 Å². The molecule has 2 rings (SSSR count). The van der Waals surface area contributed by atoms with Gasteiger partial charge in [-0.15, -0.1) is 10.7 Å². The van der Waals surface area contributed by atoms with Crippen LogP contribution in [0.15, 0.2) is 34.8 Å². The summed E-state index contributed by atoms with van der Waals surface area (Å²) in [6, 6.07) is 7.84. The number of anilines is 3. The van der Waals surface area contributed by atoms with Crippen LogP contribution in [0.4, 0.5) is 23.1 Å². The lowest BCUT2D eigenvalue weighted by atomic mass is 10.1. The number of aliphatic hydroxyl groups is 1. The van der Waals surface area contributed by atoms with Gasteiger partial charge in [0.15, 0.2) is 0 Å². The average molecular weight is 362 g/mol. The van der Waals surface area contributed by atoms with Gasteiger partial charge in [0.2, 0.25) is 5.95 Å². The summed E-state index contributed by atoms with van der Waals surface area (Å²) in [5.74, 6) is 1.55. The first kappa shape index (κ1) is 19.3. The van der Waals surface area contributed by atoms with Gasteiger partial charge in [0.1, 0.15) is 5.82 Å². The van der Waals surface area contributed by atoms with Crippen molar-refractivity contribution in [3.8, 4) is 0 Å². The number of benzene rings is 1. The molecule has 1 aromatic carbocycles. The molecule has 0 radical (unpaired) electrons. The Balaban J connectivity index is 2.15. The van der Waals surface area contributed by atoms with Gasteiger partial charge in [-0.25, -0.2) is 9.35 Å². The van der Waals surface area contributed by atoms with Gasteiger partial charge in [-0.2, -0.15) is 4.98 Å². The molecular weight excluding hydrogens is 334 g/mol. The summed E-state index contributed by atoms with van der Waals surface area (Å²) in [6.07, 6.45) is 5.94. The Hall–Kier alpha value is -1.99. The normalized spacial score (nSPS) is 12.3. The van der Waals surface area contributed by atoms with Crippen LogP contribution in [0.2, 0.25) is 0 Å². The number of aliphatic hydroxyl groups excluding tert-OH is 1. The number of hydrogen-bond acceptors (Lipinski definition) is 6. The van der Waals surface area contributed by atoms with Crippen LogP contribution in [0.1, 0.15) is 19.4 Å². The molecule has 1 heterocycles. The second kappa shape index (κ2) is 8.92. The van der Waals surface area contributed by atoms with E-state index < -0.39 is 0 Å². The standard InChI is InChI=1S/C18H27N5OS/c1-12(2)16(11-24)21-17-13(3)10-19-18(22-17)20-14-6-8-15(9-7-14)23-25(4)5/h6-10,12,16,24H,11H2,1-5H3,(H2,19,20,21,22). The van der Waals surface area contributed by atoms with Gasteiger partial charge in [-0.1, -0.05) is 13.8 Å². The minimum absolute atomic E-state index is 0.0236. The van der Waals surface area contributed by atoms with E-state index in [0.29, 0.717) is 11.9 Å². The predicted molar refractivity (Wildman–Crippen MR) is 107 cm³/mol. The summed E-state index contributed by atoms with van der Waals surface area (Å²) >= 11 is 0. The van der Waals surface area contributed by atoms with E-state index in [1.165, 1.54) is 0 Å². The van der Waals surface area contributed by atoms with Crippen LogP contribution < -0.4 is 10.6 Å². The minimum Gasteiger partial charge on any atom is -0.394 e. The van der Waals surface area contributed by atoms with Crippen molar-refractivity contribution in [1.29, 1.82) is 0 Å². The number of aryl methyl sites for hydroxylation is 1. The van der Waals surface area contributed by atoms with Gasteiger partial charge in [0.25, 0.3) is 0 Å². The number of rotatable bonds is 7. The molecule has 136 valence electrons. The molecule has 1 atom stereocenters. The fourth-order valence-electron chi connectivity index (χ4n) is 2.19. The summed E-state index contributed by atoms with van der Waals surface area (Å²) in [5, 5.41) is 16.0. The van der Waals surface area contributed by atoms with Crippen molar-refractivity contribution in [3.63, 3.8) is 0 Å². The van der Waals surface area contributed by atoms with Crippen LogP contribution in [-0.4, -0.2) is 40.2 Å². The molecule has 0 saturated carbocycles. The molecular formula is C18H27N5OS. The monoisotopic (exact) mass is 361 g/mol. The minimum atomic E-state index is -0.0424. The largest absolute Gasteiger partial charge is 0.394 e. The SMILES string of the molecule is Cc1cnc(Nc2ccc(N=S(C)C)cc2)nc1NC(CO)C(C)C. The third kappa shape index (κ3) is 5.79. The lowest BCUT2D eigenvalue weighted by Gasteiger charge is -2.21. The molecule has 1 aromatic heterocycles. The zero-order valence-corrected chi connectivity index (χ0v) is 16.3. The molecule has 2 aromatic rings. The Morgan fingerprint density at radius 2 is 1.88 bits per heavy atom. The summed E-state index contributed by atoms with van der Waals surface area (Å²) in [7, 11) is 0.0236. The van der Waals surface area contributed by atoms with Gasteiger partial charge in [0, 0.05) is 17.4 Å². The molecule has 0 amide bonds. The highest BCUT2D eigenvalue weighted by Gasteiger charge is 2.14. The molecule has 0 fully saturated rings. The third-order valence-electron chi connectivity index (χ3n) is 3.71. The highest BCUT2D eigenvalue weighted by molar-refractivity contribution is 7.85. The first-order valence-electron chi connectivity index (χ1n) is 8.26. The molecule has 0 spiro atoms. The number of aromatic nitrogens is 2. The van der Waals surface area contributed by atoms with Crippen molar-refractivity contribution < 1.29 is 5.11 Å². The van der Waals surface area contributed by atoms with Gasteiger partial charge in [-0.3, -0.25) is 0 Å². The zero-order valence-electron chi connectivity index (χ0n) is 15.4. The summed E-state index contributed by atoms with van der Waals surface area (Å²) in [6.45, 7) is 6.14. The molecule has 0 saturated heterocycles. The first-order valence-corrected chi connectivity index (χ1v) is 10.3. The number of hydrogen-bond donors (Lipinski definition) is 3. The third-order valence-corrected chi connectivity index (χ3v) is 4.28. The molecule has 6 nitrogen and oxygen atoms in total. The molecule has 7 heteroatoms. The lowest BCUT2D eigenvalue weighted by molar-refractivity contribution is 0.249. The van der Waals surface area contributed by atoms with Crippen molar-refractivity contribution in [3.05, 3.63) is 36.0 Å². The van der Waals surface area contributed by atoms with Gasteiger partial charge < -0.3 is 15.7 Å². The van der Waals surface area contributed by atoms with E-state index >= 15 is 0 Å². The quantitative estimate of drug-likeness (QED) is 0.701. The predicted octanol–water partition coefficient (Wildman–Crippen LogP) is 3.65. The molecule has 0 aliphatic heterocycles. The van der Waals surface area contributed by atoms with E-state index in [2.05, 4.69) is 51.3 Å². The highest BCUT2D eigenvalue weighted by atomic mass is 32.2. The zero-order chi connectivity index (χ0) is 18.4. The highest BCUT2D eigenvalue weighted by Crippen LogP contribution is 2.21. The maximum absolute atomic E-state index is 9.51. The molecule has 3 N–H and O–H groups in total. The fraction of sp³-hybridized carbons (Fsp3) is 0.444. The number of nitrogens with one attached hydrogen (secondary N) is 2. The van der Waals surface area contributed by atoms with Gasteiger partial charge in [-0.05, 0) is 49.6 Å². The van der Waals surface area contributed by atoms with E-state index in [-0.39, 0.29) is 23.3 Å². The summed E-state index contributed by atoms with van der Waals surface area (Å²) < 4.78 is 4.53. The van der Waals surface area contributed by atoms with Gasteiger partial charge in [0.05, 0.1) is 18.3 Å². The Kier molecular flexibility index (Phi) is 6.90. The van der Waals surface area contributed by atoms with E-state index in [9.17, 15) is 5.11 Å². The van der Waals surface area contributed by atoms with Crippen LogP contribution in [-0.2, 0) is 10.7 Å². The Morgan fingerprint density at radius 3 is 2.44 bits per heavy atom. The Labute approximate surface area is 152 Å². The molecule has 1 unspecified atom stereocenters. The average Bonchev–Trinajstić information content (AvgIpc) is 2.56. The number of nitrogens with zero attached hydrogens (tertiary/aromatic N) is 3. The molecule has 25 heavy (non-hydrogen) atoms. The van der Waals surface area contributed by atoms with Crippen LogP contribution in [0, 0.1) is 12.8 Å². The van der Waals surface area contributed by atoms with Gasteiger partial charge >= 0.3 is 0 Å². The Morgan fingerprint density at radius 1 is 1.20 bits per heavy atom. The summed E-state index contributed by atoms with van der Waals surface area (Å²) in [4.78, 5) is 8.88. The second-order valence-electron chi connectivity index (χ2n) is 6.44. The van der Waals surface area contributed by atoms with Crippen molar-refractivity contribution in [2.45, 2.75) is 26.8 Å². The van der Waals surface area contributed by atoms with E-state index in [4.69, 9.17) is 0 Å². The maximum Gasteiger partial charge on any atom is 0.229 e. The lowest BCUT2D eigenvalue weighted by Crippen LogP contribution is -2.30. The molecule has 0 aliphatic rings. The Bertz CT molecular complexity index is 727. The van der Waals surface area contributed by atoms with Crippen molar-refractivity contribution >= 4 is 33.8 Å². The first-order chi connectivity index (χ1) is 11.9. The van der Waals surface area contributed by atoms with E-state index in [0.717, 1.165) is 22.8 Å². The van der Waals surface area contributed by atoms with Crippen molar-refractivity contribution in [1.82, 2.24) is 9.97 Å². The van der Waals surface area contributed by atoms with Crippen LogP contribution in [0.25, 0.3) is 0 Å². The van der Waals surface area contributed by atoms with Crippen LogP contribution in [0.3, 0.4) is 0 Å². The van der Waals surface area contributed by atoms with E-state index in [1.54, 1.807) is 6.20 Å². The van der Waals surface area contributed by atoms with Crippen LogP contribution >= 0.6 is 0 Å². The second-order valence-corrected chi connectivity index (χ2v) is 8.17.